The van der Waals surface area contributed by atoms with Gasteiger partial charge in [0.25, 0.3) is 0 Å². The van der Waals surface area contributed by atoms with E-state index in [9.17, 15) is 0 Å². The topological polar surface area (TPSA) is 70.5 Å². The van der Waals surface area contributed by atoms with E-state index in [0.29, 0.717) is 37.9 Å². The molecule has 1 aromatic heterocycles. The molecule has 7 heteroatoms. The second-order valence-electron chi connectivity index (χ2n) is 6.84. The van der Waals surface area contributed by atoms with Crippen molar-refractivity contribution in [2.24, 2.45) is 0 Å². The number of halogens is 1. The Morgan fingerprint density at radius 1 is 1.10 bits per heavy atom. The number of anilines is 1. The number of aliphatic hydroxyl groups excluding tert-OH is 1. The van der Waals surface area contributed by atoms with Crippen LogP contribution in [0.15, 0.2) is 48.5 Å². The first-order valence-electron chi connectivity index (χ1n) is 9.54. The third-order valence-corrected chi connectivity index (χ3v) is 5.36. The van der Waals surface area contributed by atoms with Gasteiger partial charge >= 0.3 is 0 Å². The summed E-state index contributed by atoms with van der Waals surface area (Å²) in [6.07, 6.45) is 0. The lowest BCUT2D eigenvalue weighted by Gasteiger charge is -2.20. The monoisotopic (exact) mass is 410 g/mol. The maximum Gasteiger partial charge on any atom is 0.221 e. The predicted octanol–water partition coefficient (Wildman–Crippen LogP) is 3.41. The molecule has 2 N–H and O–H groups in total. The molecule has 3 aromatic rings. The van der Waals surface area contributed by atoms with Gasteiger partial charge in [-0.15, -0.1) is 0 Å². The Morgan fingerprint density at radius 2 is 1.93 bits per heavy atom. The summed E-state index contributed by atoms with van der Waals surface area (Å²) in [6, 6.07) is 16.2. The summed E-state index contributed by atoms with van der Waals surface area (Å²) in [7, 11) is 1.62. The fraction of sp³-hybridized carbons (Fsp3) is 0.273. The van der Waals surface area contributed by atoms with Crippen LogP contribution in [0.1, 0.15) is 17.1 Å². The van der Waals surface area contributed by atoms with Gasteiger partial charge in [-0.1, -0.05) is 54.1 Å². The van der Waals surface area contributed by atoms with Crippen LogP contribution in [0.4, 0.5) is 5.69 Å². The molecule has 0 saturated carbocycles. The predicted molar refractivity (Wildman–Crippen MR) is 114 cm³/mol. The van der Waals surface area contributed by atoms with Crippen LogP contribution in [0.5, 0.6) is 5.88 Å². The van der Waals surface area contributed by atoms with Crippen LogP contribution in [0.2, 0.25) is 5.02 Å². The number of nitrogens with zero attached hydrogens (tertiary/aromatic N) is 3. The largest absolute Gasteiger partial charge is 0.481 e. The molecule has 0 spiro atoms. The molecule has 29 heavy (non-hydrogen) atoms. The van der Waals surface area contributed by atoms with Crippen molar-refractivity contribution in [1.29, 1.82) is 0 Å². The number of nitrogens with one attached hydrogen (secondary N) is 1. The lowest BCUT2D eigenvalue weighted by Crippen LogP contribution is -2.20. The average Bonchev–Trinajstić information content (AvgIpc) is 3.18. The molecule has 0 fully saturated rings. The molecular formula is C22H23ClN4O2. The number of hydrogen-bond donors (Lipinski definition) is 2. The summed E-state index contributed by atoms with van der Waals surface area (Å²) in [5.41, 5.74) is 4.99. The molecule has 2 heterocycles. The molecule has 0 radical (unpaired) electrons. The van der Waals surface area contributed by atoms with Crippen LogP contribution < -0.4 is 15.0 Å². The van der Waals surface area contributed by atoms with Crippen molar-refractivity contribution < 1.29 is 9.84 Å². The summed E-state index contributed by atoms with van der Waals surface area (Å²) < 4.78 is 5.52. The second-order valence-corrected chi connectivity index (χ2v) is 7.21. The molecule has 0 amide bonds. The average molecular weight is 411 g/mol. The zero-order valence-electron chi connectivity index (χ0n) is 16.2. The van der Waals surface area contributed by atoms with Crippen LogP contribution in [0.25, 0.3) is 11.1 Å². The smallest absolute Gasteiger partial charge is 0.221 e. The van der Waals surface area contributed by atoms with E-state index >= 15 is 0 Å². The van der Waals surface area contributed by atoms with Gasteiger partial charge in [-0.25, -0.2) is 4.98 Å². The molecule has 2 aromatic carbocycles. The molecule has 0 saturated heterocycles. The van der Waals surface area contributed by atoms with Crippen molar-refractivity contribution >= 4 is 17.3 Å². The van der Waals surface area contributed by atoms with E-state index in [1.807, 2.05) is 36.4 Å². The lowest BCUT2D eigenvalue weighted by atomic mass is 10.0. The normalized spacial score (nSPS) is 12.9. The molecule has 150 valence electrons. The Hall–Kier alpha value is -2.67. The molecular weight excluding hydrogens is 388 g/mol. The summed E-state index contributed by atoms with van der Waals surface area (Å²) in [6.45, 7) is 2.33. The molecule has 0 bridgehead atoms. The van der Waals surface area contributed by atoms with Crippen molar-refractivity contribution in [3.8, 4) is 17.0 Å². The van der Waals surface area contributed by atoms with Crippen molar-refractivity contribution in [3.63, 3.8) is 0 Å². The Bertz CT molecular complexity index is 998. The number of hydrogen-bond acceptors (Lipinski definition) is 6. The Labute approximate surface area is 175 Å². The van der Waals surface area contributed by atoms with E-state index in [0.717, 1.165) is 33.1 Å². The minimum atomic E-state index is 0.0755. The highest BCUT2D eigenvalue weighted by Gasteiger charge is 2.27. The zero-order chi connectivity index (χ0) is 20.2. The first-order valence-corrected chi connectivity index (χ1v) is 9.92. The lowest BCUT2D eigenvalue weighted by molar-refractivity contribution is 0.291. The van der Waals surface area contributed by atoms with E-state index in [1.165, 1.54) is 0 Å². The van der Waals surface area contributed by atoms with Gasteiger partial charge in [0.2, 0.25) is 5.88 Å². The first-order chi connectivity index (χ1) is 14.2. The van der Waals surface area contributed by atoms with Gasteiger partial charge in [0.1, 0.15) is 5.82 Å². The van der Waals surface area contributed by atoms with Gasteiger partial charge in [-0.05, 0) is 11.6 Å². The minimum Gasteiger partial charge on any atom is -0.481 e. The third kappa shape index (κ3) is 4.05. The van der Waals surface area contributed by atoms with Gasteiger partial charge in [0, 0.05) is 12.1 Å². The zero-order valence-corrected chi connectivity index (χ0v) is 17.0. The molecule has 0 unspecified atom stereocenters. The fourth-order valence-corrected chi connectivity index (χ4v) is 3.93. The van der Waals surface area contributed by atoms with Crippen molar-refractivity contribution in [1.82, 2.24) is 15.3 Å². The minimum absolute atomic E-state index is 0.0755. The van der Waals surface area contributed by atoms with E-state index < -0.39 is 0 Å². The van der Waals surface area contributed by atoms with Crippen molar-refractivity contribution in [2.75, 3.05) is 25.2 Å². The fourth-order valence-electron chi connectivity index (χ4n) is 3.58. The van der Waals surface area contributed by atoms with Gasteiger partial charge < -0.3 is 20.1 Å². The van der Waals surface area contributed by atoms with Crippen LogP contribution in [-0.4, -0.2) is 35.3 Å². The SMILES string of the molecule is COc1nc(CNCCO)nc2c1CN(c1cccc(-c3ccccc3)c1Cl)C2. The molecule has 1 aliphatic heterocycles. The standard InChI is InChI=1S/C22H23ClN4O2/c1-29-22-17-13-27(14-18(17)25-20(26-22)12-24-10-11-28)19-9-5-8-16(21(19)23)15-6-3-2-4-7-15/h2-9,24,28H,10-14H2,1H3. The van der Waals surface area contributed by atoms with Crippen molar-refractivity contribution in [2.45, 2.75) is 19.6 Å². The van der Waals surface area contributed by atoms with Crippen molar-refractivity contribution in [3.05, 3.63) is 70.6 Å². The molecule has 4 rings (SSSR count). The van der Waals surface area contributed by atoms with Crippen LogP contribution in [0.3, 0.4) is 0 Å². The molecule has 0 atom stereocenters. The number of benzene rings is 2. The summed E-state index contributed by atoms with van der Waals surface area (Å²) >= 11 is 6.81. The van der Waals surface area contributed by atoms with Gasteiger partial charge in [-0.2, -0.15) is 4.98 Å². The van der Waals surface area contributed by atoms with Gasteiger partial charge in [0.05, 0.1) is 55.3 Å². The Kier molecular flexibility index (Phi) is 5.94. The van der Waals surface area contributed by atoms with E-state index in [2.05, 4.69) is 27.3 Å². The maximum absolute atomic E-state index is 8.94. The van der Waals surface area contributed by atoms with Crippen LogP contribution in [-0.2, 0) is 19.6 Å². The first kappa shape index (κ1) is 19.6. The molecule has 0 aliphatic carbocycles. The second kappa shape index (κ2) is 8.78. The number of aliphatic hydroxyl groups is 1. The number of methoxy groups -OCH3 is 1. The number of aromatic nitrogens is 2. The van der Waals surface area contributed by atoms with E-state index in [-0.39, 0.29) is 6.61 Å². The van der Waals surface area contributed by atoms with Gasteiger partial charge in [0.15, 0.2) is 0 Å². The highest BCUT2D eigenvalue weighted by atomic mass is 35.5. The van der Waals surface area contributed by atoms with Gasteiger partial charge in [-0.3, -0.25) is 0 Å². The summed E-state index contributed by atoms with van der Waals surface area (Å²) in [5, 5.41) is 12.8. The summed E-state index contributed by atoms with van der Waals surface area (Å²) in [4.78, 5) is 11.4. The van der Waals surface area contributed by atoms with Crippen LogP contribution in [0, 0.1) is 0 Å². The molecule has 6 nitrogen and oxygen atoms in total. The third-order valence-electron chi connectivity index (χ3n) is 4.96. The number of ether oxygens (including phenoxy) is 1. The highest BCUT2D eigenvalue weighted by molar-refractivity contribution is 6.36. The number of rotatable bonds is 7. The molecule has 1 aliphatic rings. The van der Waals surface area contributed by atoms with Crippen LogP contribution >= 0.6 is 11.6 Å². The Balaban J connectivity index is 1.63. The Morgan fingerprint density at radius 3 is 2.69 bits per heavy atom. The van der Waals surface area contributed by atoms with E-state index in [1.54, 1.807) is 7.11 Å². The quantitative estimate of drug-likeness (QED) is 0.582. The summed E-state index contributed by atoms with van der Waals surface area (Å²) in [5.74, 6) is 1.24. The maximum atomic E-state index is 8.94. The number of fused-ring (bicyclic) bond motifs is 1. The highest BCUT2D eigenvalue weighted by Crippen LogP contribution is 2.40. The van der Waals surface area contributed by atoms with E-state index in [4.69, 9.17) is 26.4 Å².